The Morgan fingerprint density at radius 2 is 2.00 bits per heavy atom. The molecule has 1 aromatic carbocycles. The van der Waals surface area contributed by atoms with Crippen LogP contribution in [0.3, 0.4) is 0 Å². The molecule has 5 nitrogen and oxygen atoms in total. The third-order valence-electron chi connectivity index (χ3n) is 2.92. The highest BCUT2D eigenvalue weighted by Gasteiger charge is 2.13. The van der Waals surface area contributed by atoms with Crippen LogP contribution in [-0.4, -0.2) is 34.7 Å². The summed E-state index contributed by atoms with van der Waals surface area (Å²) in [6.45, 7) is 5.78. The molecule has 0 aliphatic rings. The van der Waals surface area contributed by atoms with Crippen molar-refractivity contribution < 1.29 is 13.2 Å². The molecule has 0 saturated heterocycles. The zero-order valence-corrected chi connectivity index (χ0v) is 13.2. The molecule has 114 valence electrons. The van der Waals surface area contributed by atoms with Crippen LogP contribution in [0.1, 0.15) is 25.0 Å². The van der Waals surface area contributed by atoms with E-state index < -0.39 is 10.0 Å². The Bertz CT molecular complexity index is 503. The lowest BCUT2D eigenvalue weighted by Gasteiger charge is -2.12. The van der Waals surface area contributed by atoms with Crippen LogP contribution in [0.5, 0.6) is 0 Å². The van der Waals surface area contributed by atoms with Crippen LogP contribution in [0.4, 0.5) is 0 Å². The third-order valence-corrected chi connectivity index (χ3v) is 4.24. The molecule has 0 radical (unpaired) electrons. The lowest BCUT2D eigenvalue weighted by molar-refractivity contribution is 0.122. The average Bonchev–Trinajstić information content (AvgIpc) is 2.42. The molecule has 0 aliphatic heterocycles. The number of rotatable bonds is 9. The summed E-state index contributed by atoms with van der Waals surface area (Å²) in [7, 11) is -1.77. The number of sulfonamides is 1. The SMILES string of the molecule is CCNCc1cccc(CS(=O)(=O)NCC(C)OC)c1. The van der Waals surface area contributed by atoms with E-state index >= 15 is 0 Å². The molecule has 1 unspecified atom stereocenters. The molecule has 1 rings (SSSR count). The van der Waals surface area contributed by atoms with E-state index in [2.05, 4.69) is 10.0 Å². The van der Waals surface area contributed by atoms with Gasteiger partial charge < -0.3 is 10.1 Å². The van der Waals surface area contributed by atoms with Gasteiger partial charge in [0.05, 0.1) is 11.9 Å². The molecular weight excluding hydrogens is 276 g/mol. The molecule has 0 aromatic heterocycles. The molecule has 0 bridgehead atoms. The number of methoxy groups -OCH3 is 1. The van der Waals surface area contributed by atoms with Crippen molar-refractivity contribution in [2.24, 2.45) is 0 Å². The zero-order chi connectivity index (χ0) is 15.0. The molecule has 0 spiro atoms. The standard InChI is InChI=1S/C14H24N2O3S/c1-4-15-10-13-6-5-7-14(8-13)11-20(17,18)16-9-12(2)19-3/h5-8,12,15-16H,4,9-11H2,1-3H3. The quantitative estimate of drug-likeness (QED) is 0.720. The van der Waals surface area contributed by atoms with Gasteiger partial charge in [-0.15, -0.1) is 0 Å². The van der Waals surface area contributed by atoms with Crippen LogP contribution in [0, 0.1) is 0 Å². The third kappa shape index (κ3) is 6.47. The highest BCUT2D eigenvalue weighted by molar-refractivity contribution is 7.88. The van der Waals surface area contributed by atoms with Crippen LogP contribution in [0.2, 0.25) is 0 Å². The van der Waals surface area contributed by atoms with Gasteiger partial charge in [0, 0.05) is 20.2 Å². The van der Waals surface area contributed by atoms with Gasteiger partial charge in [0.25, 0.3) is 0 Å². The van der Waals surface area contributed by atoms with E-state index in [1.54, 1.807) is 7.11 Å². The maximum Gasteiger partial charge on any atom is 0.215 e. The second-order valence-electron chi connectivity index (χ2n) is 4.75. The molecule has 2 N–H and O–H groups in total. The molecule has 20 heavy (non-hydrogen) atoms. The van der Waals surface area contributed by atoms with Crippen LogP contribution in [-0.2, 0) is 27.1 Å². The Hall–Kier alpha value is -0.950. The molecule has 0 aliphatic carbocycles. The van der Waals surface area contributed by atoms with Gasteiger partial charge in [-0.1, -0.05) is 31.2 Å². The average molecular weight is 300 g/mol. The van der Waals surface area contributed by atoms with Crippen LogP contribution in [0.15, 0.2) is 24.3 Å². The maximum absolute atomic E-state index is 12.0. The van der Waals surface area contributed by atoms with Crippen molar-refractivity contribution in [2.45, 2.75) is 32.2 Å². The summed E-state index contributed by atoms with van der Waals surface area (Å²) in [6.07, 6.45) is -0.134. The van der Waals surface area contributed by atoms with E-state index in [1.807, 2.05) is 38.1 Å². The predicted molar refractivity (Wildman–Crippen MR) is 80.9 cm³/mol. The first-order valence-corrected chi connectivity index (χ1v) is 8.40. The fraction of sp³-hybridized carbons (Fsp3) is 0.571. The van der Waals surface area contributed by atoms with Crippen LogP contribution < -0.4 is 10.0 Å². The van der Waals surface area contributed by atoms with Crippen molar-refractivity contribution in [3.63, 3.8) is 0 Å². The molecular formula is C14H24N2O3S. The first-order valence-electron chi connectivity index (χ1n) is 6.75. The second-order valence-corrected chi connectivity index (χ2v) is 6.56. The summed E-state index contributed by atoms with van der Waals surface area (Å²) < 4.78 is 31.5. The maximum atomic E-state index is 12.0. The van der Waals surface area contributed by atoms with Gasteiger partial charge >= 0.3 is 0 Å². The minimum Gasteiger partial charge on any atom is -0.380 e. The summed E-state index contributed by atoms with van der Waals surface area (Å²) in [5.74, 6) is -0.0105. The number of ether oxygens (including phenoxy) is 1. The van der Waals surface area contributed by atoms with E-state index in [1.165, 1.54) is 0 Å². The lowest BCUT2D eigenvalue weighted by atomic mass is 10.1. The Kier molecular flexibility index (Phi) is 7.15. The van der Waals surface area contributed by atoms with E-state index in [4.69, 9.17) is 4.74 Å². The monoisotopic (exact) mass is 300 g/mol. The van der Waals surface area contributed by atoms with E-state index in [9.17, 15) is 8.42 Å². The summed E-state index contributed by atoms with van der Waals surface area (Å²) in [5, 5.41) is 3.22. The van der Waals surface area contributed by atoms with E-state index in [0.29, 0.717) is 0 Å². The molecule has 0 amide bonds. The van der Waals surface area contributed by atoms with Gasteiger partial charge in [-0.25, -0.2) is 13.1 Å². The summed E-state index contributed by atoms with van der Waals surface area (Å²) in [4.78, 5) is 0. The predicted octanol–water partition coefficient (Wildman–Crippen LogP) is 1.25. The Morgan fingerprint density at radius 1 is 1.30 bits per heavy atom. The lowest BCUT2D eigenvalue weighted by Crippen LogP contribution is -2.32. The minimum atomic E-state index is -3.33. The number of nitrogens with one attached hydrogen (secondary N) is 2. The fourth-order valence-corrected chi connectivity index (χ4v) is 2.91. The Balaban J connectivity index is 2.62. The van der Waals surface area contributed by atoms with E-state index in [0.717, 1.165) is 24.2 Å². The molecule has 0 saturated carbocycles. The molecule has 0 fully saturated rings. The number of benzene rings is 1. The van der Waals surface area contributed by atoms with Gasteiger partial charge in [-0.3, -0.25) is 0 Å². The van der Waals surface area contributed by atoms with Crippen LogP contribution in [0.25, 0.3) is 0 Å². The van der Waals surface area contributed by atoms with E-state index in [-0.39, 0.29) is 18.4 Å². The van der Waals surface area contributed by atoms with Gasteiger partial charge in [0.2, 0.25) is 10.0 Å². The highest BCUT2D eigenvalue weighted by Crippen LogP contribution is 2.09. The Labute approximate surface area is 121 Å². The van der Waals surface area contributed by atoms with Crippen LogP contribution >= 0.6 is 0 Å². The summed E-state index contributed by atoms with van der Waals surface area (Å²) in [5.41, 5.74) is 1.88. The highest BCUT2D eigenvalue weighted by atomic mass is 32.2. The fourth-order valence-electron chi connectivity index (χ4n) is 1.70. The topological polar surface area (TPSA) is 67.4 Å². The van der Waals surface area contributed by atoms with Crippen molar-refractivity contribution in [1.82, 2.24) is 10.0 Å². The summed E-state index contributed by atoms with van der Waals surface area (Å²) in [6, 6.07) is 7.62. The number of hydrogen-bond acceptors (Lipinski definition) is 4. The smallest absolute Gasteiger partial charge is 0.215 e. The number of hydrogen-bond donors (Lipinski definition) is 2. The first kappa shape index (κ1) is 17.1. The normalized spacial score (nSPS) is 13.3. The zero-order valence-electron chi connectivity index (χ0n) is 12.3. The van der Waals surface area contributed by atoms with Crippen molar-refractivity contribution in [2.75, 3.05) is 20.2 Å². The van der Waals surface area contributed by atoms with Gasteiger partial charge in [0.15, 0.2) is 0 Å². The molecule has 1 aromatic rings. The molecule has 6 heteroatoms. The van der Waals surface area contributed by atoms with Crippen molar-refractivity contribution in [3.8, 4) is 0 Å². The van der Waals surface area contributed by atoms with Gasteiger partial charge in [0.1, 0.15) is 0 Å². The van der Waals surface area contributed by atoms with Gasteiger partial charge in [-0.05, 0) is 24.6 Å². The Morgan fingerprint density at radius 3 is 2.65 bits per heavy atom. The second kappa shape index (κ2) is 8.36. The molecule has 0 heterocycles. The first-order chi connectivity index (χ1) is 9.46. The van der Waals surface area contributed by atoms with Crippen molar-refractivity contribution in [3.05, 3.63) is 35.4 Å². The summed E-state index contributed by atoms with van der Waals surface area (Å²) >= 11 is 0. The van der Waals surface area contributed by atoms with Gasteiger partial charge in [-0.2, -0.15) is 0 Å². The van der Waals surface area contributed by atoms with Crippen molar-refractivity contribution >= 4 is 10.0 Å². The largest absolute Gasteiger partial charge is 0.380 e. The van der Waals surface area contributed by atoms with Crippen molar-refractivity contribution in [1.29, 1.82) is 0 Å². The molecule has 1 atom stereocenters. The minimum absolute atomic E-state index is 0.0105.